The van der Waals surface area contributed by atoms with Crippen LogP contribution in [0.25, 0.3) is 0 Å². The molecule has 0 bridgehead atoms. The topological polar surface area (TPSA) is 104 Å². The molecule has 7 nitrogen and oxygen atoms in total. The number of benzene rings is 1. The predicted molar refractivity (Wildman–Crippen MR) is 83.1 cm³/mol. The Kier molecular flexibility index (Phi) is 6.51. The molecule has 0 heterocycles. The number of carbonyl (C=O) groups is 2. The third kappa shape index (κ3) is 5.12. The Hall–Kier alpha value is -1.93. The van der Waals surface area contributed by atoms with Crippen molar-refractivity contribution in [3.05, 3.63) is 29.3 Å². The molecule has 8 heteroatoms. The minimum atomic E-state index is -3.59. The normalized spacial score (nSPS) is 11.0. The monoisotopic (exact) mass is 327 g/mol. The van der Waals surface area contributed by atoms with E-state index in [0.29, 0.717) is 30.6 Å². The quantitative estimate of drug-likeness (QED) is 0.620. The number of amides is 2. The maximum absolute atomic E-state index is 12.1. The van der Waals surface area contributed by atoms with Gasteiger partial charge < -0.3 is 10.6 Å². The van der Waals surface area contributed by atoms with Crippen LogP contribution in [0.2, 0.25) is 0 Å². The molecule has 1 rings (SSSR count). The highest BCUT2D eigenvalue weighted by molar-refractivity contribution is 7.89. The Morgan fingerprint density at radius 2 is 1.77 bits per heavy atom. The van der Waals surface area contributed by atoms with E-state index in [4.69, 9.17) is 0 Å². The highest BCUT2D eigenvalue weighted by atomic mass is 32.2. The van der Waals surface area contributed by atoms with E-state index in [1.54, 1.807) is 13.0 Å². The van der Waals surface area contributed by atoms with Gasteiger partial charge in [0.25, 0.3) is 5.91 Å². The first-order chi connectivity index (χ1) is 10.3. The Morgan fingerprint density at radius 3 is 2.36 bits per heavy atom. The van der Waals surface area contributed by atoms with Gasteiger partial charge in [0.15, 0.2) is 0 Å². The van der Waals surface area contributed by atoms with Crippen molar-refractivity contribution in [2.24, 2.45) is 0 Å². The highest BCUT2D eigenvalue weighted by Gasteiger charge is 2.16. The highest BCUT2D eigenvalue weighted by Crippen LogP contribution is 2.15. The van der Waals surface area contributed by atoms with Crippen molar-refractivity contribution in [3.8, 4) is 0 Å². The standard InChI is InChI=1S/C14H21N3O4S/c1-10-5-6-12(22(20,21)15-3)9-13(10)14(19)17-8-4-7-16-11(2)18/h5-6,9,15H,4,7-8H2,1-3H3,(H,16,18)(H,17,19). The van der Waals surface area contributed by atoms with Gasteiger partial charge in [-0.1, -0.05) is 6.07 Å². The minimum Gasteiger partial charge on any atom is -0.356 e. The summed E-state index contributed by atoms with van der Waals surface area (Å²) in [6, 6.07) is 4.40. The van der Waals surface area contributed by atoms with Gasteiger partial charge in [0.2, 0.25) is 15.9 Å². The summed E-state index contributed by atoms with van der Waals surface area (Å²) >= 11 is 0. The number of hydrogen-bond donors (Lipinski definition) is 3. The van der Waals surface area contributed by atoms with Crippen molar-refractivity contribution in [3.63, 3.8) is 0 Å². The SMILES string of the molecule is CNS(=O)(=O)c1ccc(C)c(C(=O)NCCCNC(C)=O)c1. The minimum absolute atomic E-state index is 0.0454. The lowest BCUT2D eigenvalue weighted by atomic mass is 10.1. The maximum Gasteiger partial charge on any atom is 0.251 e. The number of rotatable bonds is 7. The third-order valence-corrected chi connectivity index (χ3v) is 4.46. The summed E-state index contributed by atoms with van der Waals surface area (Å²) in [5.74, 6) is -0.458. The Bertz CT molecular complexity index is 656. The van der Waals surface area contributed by atoms with Gasteiger partial charge in [0.05, 0.1) is 4.90 Å². The molecule has 0 saturated carbocycles. The van der Waals surface area contributed by atoms with Gasteiger partial charge >= 0.3 is 0 Å². The van der Waals surface area contributed by atoms with Crippen molar-refractivity contribution in [1.82, 2.24) is 15.4 Å². The van der Waals surface area contributed by atoms with Crippen LogP contribution in [-0.2, 0) is 14.8 Å². The fourth-order valence-corrected chi connectivity index (χ4v) is 2.54. The molecule has 122 valence electrons. The third-order valence-electron chi connectivity index (χ3n) is 3.05. The lowest BCUT2D eigenvalue weighted by Gasteiger charge is -2.10. The first-order valence-electron chi connectivity index (χ1n) is 6.84. The Labute approximate surface area is 130 Å². The van der Waals surface area contributed by atoms with Crippen molar-refractivity contribution in [1.29, 1.82) is 0 Å². The fourth-order valence-electron chi connectivity index (χ4n) is 1.78. The van der Waals surface area contributed by atoms with Gasteiger partial charge in [0.1, 0.15) is 0 Å². The second kappa shape index (κ2) is 7.90. The van der Waals surface area contributed by atoms with E-state index < -0.39 is 10.0 Å². The van der Waals surface area contributed by atoms with Crippen LogP contribution in [0, 0.1) is 6.92 Å². The number of aryl methyl sites for hydroxylation is 1. The van der Waals surface area contributed by atoms with Crippen LogP contribution in [-0.4, -0.2) is 40.4 Å². The summed E-state index contributed by atoms with van der Waals surface area (Å²) in [6.45, 7) is 4.03. The van der Waals surface area contributed by atoms with Crippen molar-refractivity contribution >= 4 is 21.8 Å². The van der Waals surface area contributed by atoms with E-state index in [1.807, 2.05) is 0 Å². The number of sulfonamides is 1. The first-order valence-corrected chi connectivity index (χ1v) is 8.33. The Morgan fingerprint density at radius 1 is 1.14 bits per heavy atom. The van der Waals surface area contributed by atoms with Crippen molar-refractivity contribution in [2.45, 2.75) is 25.2 Å². The van der Waals surface area contributed by atoms with Crippen LogP contribution in [0.15, 0.2) is 23.1 Å². The number of carbonyl (C=O) groups excluding carboxylic acids is 2. The lowest BCUT2D eigenvalue weighted by molar-refractivity contribution is -0.118. The molecule has 0 aliphatic rings. The molecule has 1 aromatic rings. The van der Waals surface area contributed by atoms with Gasteiger partial charge in [-0.3, -0.25) is 9.59 Å². The summed E-state index contributed by atoms with van der Waals surface area (Å²) in [5, 5.41) is 5.33. The Balaban J connectivity index is 2.73. The molecule has 0 spiro atoms. The second-order valence-electron chi connectivity index (χ2n) is 4.78. The summed E-state index contributed by atoms with van der Waals surface area (Å²) in [4.78, 5) is 22.9. The average molecular weight is 327 g/mol. The molecule has 22 heavy (non-hydrogen) atoms. The number of hydrogen-bond acceptors (Lipinski definition) is 4. The second-order valence-corrected chi connectivity index (χ2v) is 6.66. The zero-order chi connectivity index (χ0) is 16.8. The molecule has 2 amide bonds. The smallest absolute Gasteiger partial charge is 0.251 e. The summed E-state index contributed by atoms with van der Waals surface area (Å²) < 4.78 is 25.7. The van der Waals surface area contributed by atoms with E-state index >= 15 is 0 Å². The van der Waals surface area contributed by atoms with E-state index in [2.05, 4.69) is 15.4 Å². The molecule has 0 aliphatic carbocycles. The largest absolute Gasteiger partial charge is 0.356 e. The number of nitrogens with one attached hydrogen (secondary N) is 3. The molecule has 0 radical (unpaired) electrons. The van der Waals surface area contributed by atoms with Crippen LogP contribution < -0.4 is 15.4 Å². The summed E-state index contributed by atoms with van der Waals surface area (Å²) in [5.41, 5.74) is 1.00. The molecule has 0 unspecified atom stereocenters. The zero-order valence-electron chi connectivity index (χ0n) is 12.9. The lowest BCUT2D eigenvalue weighted by Crippen LogP contribution is -2.29. The zero-order valence-corrected chi connectivity index (χ0v) is 13.7. The van der Waals surface area contributed by atoms with E-state index in [9.17, 15) is 18.0 Å². The van der Waals surface area contributed by atoms with E-state index in [0.717, 1.165) is 0 Å². The van der Waals surface area contributed by atoms with Gasteiger partial charge in [0, 0.05) is 25.6 Å². The van der Waals surface area contributed by atoms with Crippen molar-refractivity contribution in [2.75, 3.05) is 20.1 Å². The van der Waals surface area contributed by atoms with E-state index in [1.165, 1.54) is 26.1 Å². The van der Waals surface area contributed by atoms with Crippen LogP contribution in [0.4, 0.5) is 0 Å². The van der Waals surface area contributed by atoms with Crippen molar-refractivity contribution < 1.29 is 18.0 Å². The van der Waals surface area contributed by atoms with E-state index in [-0.39, 0.29) is 16.7 Å². The molecule has 3 N–H and O–H groups in total. The van der Waals surface area contributed by atoms with Crippen LogP contribution >= 0.6 is 0 Å². The van der Waals surface area contributed by atoms with Gasteiger partial charge in [-0.25, -0.2) is 13.1 Å². The van der Waals surface area contributed by atoms with Crippen LogP contribution in [0.3, 0.4) is 0 Å². The molecule has 0 aromatic heterocycles. The molecular weight excluding hydrogens is 306 g/mol. The molecule has 0 saturated heterocycles. The first kappa shape index (κ1) is 18.1. The molecule has 0 atom stereocenters. The molecular formula is C14H21N3O4S. The van der Waals surface area contributed by atoms with Gasteiger partial charge in [-0.05, 0) is 38.1 Å². The summed E-state index contributed by atoms with van der Waals surface area (Å²) in [7, 11) is -2.27. The van der Waals surface area contributed by atoms with Gasteiger partial charge in [-0.2, -0.15) is 0 Å². The summed E-state index contributed by atoms with van der Waals surface area (Å²) in [6.07, 6.45) is 0.596. The molecule has 1 aromatic carbocycles. The maximum atomic E-state index is 12.1. The molecule has 0 aliphatic heterocycles. The molecule has 0 fully saturated rings. The van der Waals surface area contributed by atoms with Gasteiger partial charge in [-0.15, -0.1) is 0 Å². The fraction of sp³-hybridized carbons (Fsp3) is 0.429. The average Bonchev–Trinajstić information content (AvgIpc) is 2.46. The predicted octanol–water partition coefficient (Wildman–Crippen LogP) is 0.159. The van der Waals surface area contributed by atoms with Crippen LogP contribution in [0.1, 0.15) is 29.3 Å². The van der Waals surface area contributed by atoms with Crippen LogP contribution in [0.5, 0.6) is 0 Å².